The fourth-order valence-electron chi connectivity index (χ4n) is 1.11. The Morgan fingerprint density at radius 3 is 2.67 bits per heavy atom. The summed E-state index contributed by atoms with van der Waals surface area (Å²) in [5, 5.41) is 0. The normalized spacial score (nSPS) is 9.42. The van der Waals surface area contributed by atoms with Crippen LogP contribution >= 0.6 is 0 Å². The summed E-state index contributed by atoms with van der Waals surface area (Å²) in [6.07, 6.45) is 1.82. The van der Waals surface area contributed by atoms with Crippen molar-refractivity contribution in [1.82, 2.24) is 0 Å². The van der Waals surface area contributed by atoms with Gasteiger partial charge in [0.15, 0.2) is 0 Å². The largest absolute Gasteiger partial charge is 0.326 e. The van der Waals surface area contributed by atoms with Crippen LogP contribution in [0, 0.1) is 0 Å². The van der Waals surface area contributed by atoms with Gasteiger partial charge in [0, 0.05) is 6.54 Å². The van der Waals surface area contributed by atoms with E-state index in [0.29, 0.717) is 6.54 Å². The lowest BCUT2D eigenvalue weighted by molar-refractivity contribution is 1.27. The van der Waals surface area contributed by atoms with Crippen LogP contribution in [0.2, 0.25) is 0 Å². The topological polar surface area (TPSA) is 26.0 Å². The van der Waals surface area contributed by atoms with E-state index in [9.17, 15) is 0 Å². The van der Waals surface area contributed by atoms with Crippen molar-refractivity contribution in [3.63, 3.8) is 0 Å². The summed E-state index contributed by atoms with van der Waals surface area (Å²) in [6.45, 7) is 8.10. The van der Waals surface area contributed by atoms with Gasteiger partial charge in [-0.3, -0.25) is 0 Å². The summed E-state index contributed by atoms with van der Waals surface area (Å²) in [4.78, 5) is 0. The molecule has 0 spiro atoms. The van der Waals surface area contributed by atoms with E-state index in [0.717, 1.165) is 16.7 Å². The average Bonchev–Trinajstić information content (AvgIpc) is 2.16. The summed E-state index contributed by atoms with van der Waals surface area (Å²) in [7, 11) is 0. The molecule has 0 unspecified atom stereocenters. The fourth-order valence-corrected chi connectivity index (χ4v) is 1.11. The van der Waals surface area contributed by atoms with Gasteiger partial charge in [0.25, 0.3) is 0 Å². The van der Waals surface area contributed by atoms with Gasteiger partial charge in [-0.25, -0.2) is 0 Å². The van der Waals surface area contributed by atoms with Crippen molar-refractivity contribution >= 4 is 11.6 Å². The Kier molecular flexibility index (Phi) is 2.83. The van der Waals surface area contributed by atoms with Gasteiger partial charge in [-0.15, -0.1) is 0 Å². The molecular formula is C11H13N. The number of nitrogens with two attached hydrogens (primary N) is 1. The Labute approximate surface area is 73.2 Å². The molecular weight excluding hydrogens is 146 g/mol. The lowest BCUT2D eigenvalue weighted by atomic mass is 10.0. The smallest absolute Gasteiger partial charge is 0.0178 e. The Bertz CT molecular complexity index is 300. The summed E-state index contributed by atoms with van der Waals surface area (Å²) in [5.74, 6) is 0. The number of rotatable bonds is 3. The van der Waals surface area contributed by atoms with Crippen molar-refractivity contribution in [3.8, 4) is 0 Å². The van der Waals surface area contributed by atoms with Crippen molar-refractivity contribution in [1.29, 1.82) is 0 Å². The van der Waals surface area contributed by atoms with Crippen LogP contribution in [0.1, 0.15) is 11.1 Å². The van der Waals surface area contributed by atoms with E-state index < -0.39 is 0 Å². The SMILES string of the molecule is C=Cc1ccccc1C(=C)CN. The minimum absolute atomic E-state index is 0.491. The van der Waals surface area contributed by atoms with Gasteiger partial charge in [0.1, 0.15) is 0 Å². The summed E-state index contributed by atoms with van der Waals surface area (Å²) >= 11 is 0. The van der Waals surface area contributed by atoms with Crippen LogP contribution in [0.15, 0.2) is 37.4 Å². The van der Waals surface area contributed by atoms with Gasteiger partial charge in [0.05, 0.1) is 0 Å². The first-order valence-electron chi connectivity index (χ1n) is 3.89. The highest BCUT2D eigenvalue weighted by atomic mass is 14.5. The van der Waals surface area contributed by atoms with Crippen LogP contribution in [0.5, 0.6) is 0 Å². The molecule has 1 aromatic carbocycles. The van der Waals surface area contributed by atoms with Crippen LogP contribution in [0.3, 0.4) is 0 Å². The Morgan fingerprint density at radius 2 is 2.08 bits per heavy atom. The molecule has 12 heavy (non-hydrogen) atoms. The summed E-state index contributed by atoms with van der Waals surface area (Å²) in [6, 6.07) is 7.96. The molecule has 0 atom stereocenters. The zero-order chi connectivity index (χ0) is 8.97. The van der Waals surface area contributed by atoms with Gasteiger partial charge in [-0.05, 0) is 16.7 Å². The second-order valence-electron chi connectivity index (χ2n) is 2.60. The molecule has 0 amide bonds. The molecule has 0 heterocycles. The first kappa shape index (κ1) is 8.75. The molecule has 1 rings (SSSR count). The monoisotopic (exact) mass is 159 g/mol. The molecule has 1 aromatic rings. The Morgan fingerprint density at radius 1 is 1.42 bits per heavy atom. The van der Waals surface area contributed by atoms with Crippen LogP contribution < -0.4 is 5.73 Å². The highest BCUT2D eigenvalue weighted by Crippen LogP contribution is 2.17. The van der Waals surface area contributed by atoms with Gasteiger partial charge in [0.2, 0.25) is 0 Å². The number of benzene rings is 1. The van der Waals surface area contributed by atoms with Crippen molar-refractivity contribution < 1.29 is 0 Å². The third-order valence-electron chi connectivity index (χ3n) is 1.81. The van der Waals surface area contributed by atoms with E-state index in [1.165, 1.54) is 0 Å². The average molecular weight is 159 g/mol. The molecule has 62 valence electrons. The molecule has 0 radical (unpaired) electrons. The second kappa shape index (κ2) is 3.88. The molecule has 2 N–H and O–H groups in total. The Hall–Kier alpha value is -1.34. The van der Waals surface area contributed by atoms with Crippen LogP contribution in [-0.4, -0.2) is 6.54 Å². The summed E-state index contributed by atoms with van der Waals surface area (Å²) < 4.78 is 0. The third-order valence-corrected chi connectivity index (χ3v) is 1.81. The quantitative estimate of drug-likeness (QED) is 0.719. The molecule has 1 heteroatoms. The van der Waals surface area contributed by atoms with E-state index in [1.54, 1.807) is 0 Å². The van der Waals surface area contributed by atoms with Gasteiger partial charge in [-0.1, -0.05) is 43.5 Å². The predicted octanol–water partition coefficient (Wildman–Crippen LogP) is 2.30. The predicted molar refractivity (Wildman–Crippen MR) is 54.6 cm³/mol. The highest BCUT2D eigenvalue weighted by Gasteiger charge is 1.99. The first-order chi connectivity index (χ1) is 5.79. The molecule has 0 aliphatic carbocycles. The van der Waals surface area contributed by atoms with Crippen molar-refractivity contribution in [2.45, 2.75) is 0 Å². The molecule has 1 nitrogen and oxygen atoms in total. The van der Waals surface area contributed by atoms with Crippen molar-refractivity contribution in [2.75, 3.05) is 6.54 Å². The molecule has 0 aliphatic rings. The standard InChI is InChI=1S/C11H13N/c1-3-10-6-4-5-7-11(10)9(2)8-12/h3-7H,1-2,8,12H2. The third kappa shape index (κ3) is 1.63. The van der Waals surface area contributed by atoms with Crippen molar-refractivity contribution in [2.24, 2.45) is 5.73 Å². The van der Waals surface area contributed by atoms with Crippen LogP contribution in [0.4, 0.5) is 0 Å². The van der Waals surface area contributed by atoms with E-state index in [1.807, 2.05) is 30.3 Å². The number of hydrogen-bond acceptors (Lipinski definition) is 1. The van der Waals surface area contributed by atoms with E-state index >= 15 is 0 Å². The number of hydrogen-bond donors (Lipinski definition) is 1. The molecule has 0 saturated heterocycles. The van der Waals surface area contributed by atoms with Crippen LogP contribution in [-0.2, 0) is 0 Å². The minimum Gasteiger partial charge on any atom is -0.326 e. The summed E-state index contributed by atoms with van der Waals surface area (Å²) in [5.41, 5.74) is 8.63. The molecule has 0 aromatic heterocycles. The highest BCUT2D eigenvalue weighted by molar-refractivity contribution is 5.73. The molecule has 0 saturated carbocycles. The lowest BCUT2D eigenvalue weighted by Crippen LogP contribution is -2.01. The zero-order valence-corrected chi connectivity index (χ0v) is 7.09. The van der Waals surface area contributed by atoms with Crippen LogP contribution in [0.25, 0.3) is 11.6 Å². The minimum atomic E-state index is 0.491. The van der Waals surface area contributed by atoms with Gasteiger partial charge in [-0.2, -0.15) is 0 Å². The molecule has 0 bridgehead atoms. The lowest BCUT2D eigenvalue weighted by Gasteiger charge is -2.05. The van der Waals surface area contributed by atoms with Crippen molar-refractivity contribution in [3.05, 3.63) is 48.6 Å². The Balaban J connectivity index is 3.13. The van der Waals surface area contributed by atoms with E-state index in [4.69, 9.17) is 5.73 Å². The van der Waals surface area contributed by atoms with E-state index in [2.05, 4.69) is 13.2 Å². The maximum Gasteiger partial charge on any atom is 0.0178 e. The van der Waals surface area contributed by atoms with E-state index in [-0.39, 0.29) is 0 Å². The first-order valence-corrected chi connectivity index (χ1v) is 3.89. The molecule has 0 fully saturated rings. The van der Waals surface area contributed by atoms with Gasteiger partial charge < -0.3 is 5.73 Å². The maximum atomic E-state index is 5.49. The zero-order valence-electron chi connectivity index (χ0n) is 7.09. The second-order valence-corrected chi connectivity index (χ2v) is 2.60. The van der Waals surface area contributed by atoms with Gasteiger partial charge >= 0.3 is 0 Å². The fraction of sp³-hybridized carbons (Fsp3) is 0.0909. The molecule has 0 aliphatic heterocycles. The maximum absolute atomic E-state index is 5.49.